The van der Waals surface area contributed by atoms with Crippen LogP contribution >= 0.6 is 0 Å². The number of carbonyl (C=O) groups excluding carboxylic acids is 1. The third kappa shape index (κ3) is 5.03. The number of hydrogen-bond acceptors (Lipinski definition) is 7. The molecule has 1 aromatic heterocycles. The Balaban J connectivity index is 2.19. The Morgan fingerprint density at radius 2 is 2.28 bits per heavy atom. The van der Waals surface area contributed by atoms with Gasteiger partial charge in [0.25, 0.3) is 10.1 Å². The smallest absolute Gasteiger partial charge is 0.410 e. The zero-order valence-electron chi connectivity index (χ0n) is 14.3. The summed E-state index contributed by atoms with van der Waals surface area (Å²) in [6, 6.07) is -0.328. The Morgan fingerprint density at radius 1 is 1.56 bits per heavy atom. The van der Waals surface area contributed by atoms with Gasteiger partial charge in [-0.3, -0.25) is 9.28 Å². The molecule has 0 bridgehead atoms. The Kier molecular flexibility index (Phi) is 6.20. The Hall–Kier alpha value is -1.91. The van der Waals surface area contributed by atoms with Crippen molar-refractivity contribution in [2.75, 3.05) is 19.4 Å². The van der Waals surface area contributed by atoms with E-state index in [0.29, 0.717) is 18.5 Å². The number of H-pyrrole nitrogens is 1. The van der Waals surface area contributed by atoms with Crippen LogP contribution in [0.5, 0.6) is 0 Å². The molecule has 25 heavy (non-hydrogen) atoms. The Labute approximate surface area is 146 Å². The second-order valence-electron chi connectivity index (χ2n) is 5.96. The van der Waals surface area contributed by atoms with Gasteiger partial charge in [-0.2, -0.15) is 13.5 Å². The SMILES string of the molecule is C=CCOC(=O)N1C[C@H](OS(C)(=O)=O)C[C@H]1Cc1c(C)n[nH]c1CO. The van der Waals surface area contributed by atoms with Gasteiger partial charge in [-0.15, -0.1) is 0 Å². The number of carbonyl (C=O) groups is 1. The lowest BCUT2D eigenvalue weighted by molar-refractivity contribution is 0.104. The standard InChI is InChI=1S/C15H23N3O6S/c1-4-5-23-15(20)18-8-12(24-25(3,21)22)6-11(18)7-13-10(2)16-17-14(13)9-19/h4,11-12,19H,1,5-9H2,2-3H3,(H,16,17)/t11-,12+/m0/s1. The highest BCUT2D eigenvalue weighted by molar-refractivity contribution is 7.86. The van der Waals surface area contributed by atoms with E-state index >= 15 is 0 Å². The average Bonchev–Trinajstić information content (AvgIpc) is 3.08. The van der Waals surface area contributed by atoms with Gasteiger partial charge in [-0.05, 0) is 19.8 Å². The number of aryl methyl sites for hydroxylation is 1. The summed E-state index contributed by atoms with van der Waals surface area (Å²) < 4.78 is 32.9. The van der Waals surface area contributed by atoms with Crippen LogP contribution in [0.2, 0.25) is 0 Å². The van der Waals surface area contributed by atoms with E-state index in [0.717, 1.165) is 17.5 Å². The summed E-state index contributed by atoms with van der Waals surface area (Å²) in [6.07, 6.45) is 1.98. The van der Waals surface area contributed by atoms with Crippen molar-refractivity contribution in [3.8, 4) is 0 Å². The van der Waals surface area contributed by atoms with E-state index in [4.69, 9.17) is 8.92 Å². The quantitative estimate of drug-likeness (QED) is 0.527. The number of aliphatic hydroxyl groups is 1. The number of hydrogen-bond donors (Lipinski definition) is 2. The van der Waals surface area contributed by atoms with Crippen LogP contribution in [0.1, 0.15) is 23.4 Å². The van der Waals surface area contributed by atoms with Crippen LogP contribution in [-0.2, 0) is 32.1 Å². The lowest BCUT2D eigenvalue weighted by atomic mass is 10.0. The fraction of sp³-hybridized carbons (Fsp3) is 0.600. The van der Waals surface area contributed by atoms with Crippen molar-refractivity contribution in [2.24, 2.45) is 0 Å². The molecule has 1 aliphatic heterocycles. The van der Waals surface area contributed by atoms with Gasteiger partial charge in [0, 0.05) is 11.6 Å². The predicted molar refractivity (Wildman–Crippen MR) is 89.3 cm³/mol. The van der Waals surface area contributed by atoms with E-state index in [-0.39, 0.29) is 25.8 Å². The molecular weight excluding hydrogens is 350 g/mol. The first-order chi connectivity index (χ1) is 11.7. The third-order valence-corrected chi connectivity index (χ3v) is 4.63. The Bertz CT molecular complexity index is 730. The molecule has 0 aromatic carbocycles. The molecule has 1 aromatic rings. The van der Waals surface area contributed by atoms with E-state index in [1.807, 2.05) is 0 Å². The van der Waals surface area contributed by atoms with Crippen LogP contribution in [0, 0.1) is 6.92 Å². The van der Waals surface area contributed by atoms with Crippen LogP contribution < -0.4 is 0 Å². The summed E-state index contributed by atoms with van der Waals surface area (Å²) in [5.41, 5.74) is 2.09. The normalized spacial score (nSPS) is 20.7. The summed E-state index contributed by atoms with van der Waals surface area (Å²) in [5, 5.41) is 16.2. The maximum atomic E-state index is 12.3. The molecular formula is C15H23N3O6S. The summed E-state index contributed by atoms with van der Waals surface area (Å²) in [4.78, 5) is 13.7. The fourth-order valence-corrected chi connectivity index (χ4v) is 3.60. The molecule has 0 spiro atoms. The topological polar surface area (TPSA) is 122 Å². The van der Waals surface area contributed by atoms with E-state index in [1.54, 1.807) is 6.92 Å². The molecule has 0 aliphatic carbocycles. The first kappa shape index (κ1) is 19.4. The molecule has 0 radical (unpaired) electrons. The number of nitrogens with zero attached hydrogens (tertiary/aromatic N) is 2. The minimum Gasteiger partial charge on any atom is -0.445 e. The number of ether oxygens (including phenoxy) is 1. The number of nitrogens with one attached hydrogen (secondary N) is 1. The van der Waals surface area contributed by atoms with Gasteiger partial charge in [0.1, 0.15) is 6.61 Å². The van der Waals surface area contributed by atoms with Gasteiger partial charge in [-0.25, -0.2) is 4.79 Å². The van der Waals surface area contributed by atoms with E-state index < -0.39 is 22.3 Å². The zero-order chi connectivity index (χ0) is 18.6. The molecule has 0 unspecified atom stereocenters. The minimum atomic E-state index is -3.63. The van der Waals surface area contributed by atoms with Crippen molar-refractivity contribution >= 4 is 16.2 Å². The molecule has 1 fully saturated rings. The van der Waals surface area contributed by atoms with Gasteiger partial charge < -0.3 is 14.7 Å². The number of aromatic nitrogens is 2. The number of likely N-dealkylation sites (tertiary alicyclic amines) is 1. The van der Waals surface area contributed by atoms with Gasteiger partial charge in [0.2, 0.25) is 0 Å². The monoisotopic (exact) mass is 373 g/mol. The second-order valence-corrected chi connectivity index (χ2v) is 7.56. The lowest BCUT2D eigenvalue weighted by Crippen LogP contribution is -2.38. The molecule has 1 saturated heterocycles. The molecule has 2 heterocycles. The maximum Gasteiger partial charge on any atom is 0.410 e. The van der Waals surface area contributed by atoms with Gasteiger partial charge >= 0.3 is 6.09 Å². The van der Waals surface area contributed by atoms with Gasteiger partial charge in [-0.1, -0.05) is 12.7 Å². The van der Waals surface area contributed by atoms with Crippen molar-refractivity contribution in [1.29, 1.82) is 0 Å². The molecule has 2 atom stereocenters. The van der Waals surface area contributed by atoms with E-state index in [1.165, 1.54) is 11.0 Å². The van der Waals surface area contributed by atoms with Crippen LogP contribution in [0.15, 0.2) is 12.7 Å². The predicted octanol–water partition coefficient (Wildman–Crippen LogP) is 0.495. The van der Waals surface area contributed by atoms with Crippen LogP contribution in [0.4, 0.5) is 4.79 Å². The van der Waals surface area contributed by atoms with Crippen molar-refractivity contribution in [1.82, 2.24) is 15.1 Å². The molecule has 2 N–H and O–H groups in total. The highest BCUT2D eigenvalue weighted by atomic mass is 32.2. The fourth-order valence-electron chi connectivity index (χ4n) is 2.96. The second kappa shape index (κ2) is 7.98. The van der Waals surface area contributed by atoms with Crippen molar-refractivity contribution in [3.63, 3.8) is 0 Å². The number of aliphatic hydroxyl groups excluding tert-OH is 1. The number of rotatable bonds is 7. The molecule has 1 amide bonds. The number of aromatic amines is 1. The molecule has 9 nitrogen and oxygen atoms in total. The minimum absolute atomic E-state index is 0.0618. The van der Waals surface area contributed by atoms with Crippen molar-refractivity contribution in [2.45, 2.75) is 38.5 Å². The highest BCUT2D eigenvalue weighted by Gasteiger charge is 2.39. The summed E-state index contributed by atoms with van der Waals surface area (Å²) in [5.74, 6) is 0. The van der Waals surface area contributed by atoms with Gasteiger partial charge in [0.15, 0.2) is 0 Å². The first-order valence-electron chi connectivity index (χ1n) is 7.81. The molecule has 2 rings (SSSR count). The zero-order valence-corrected chi connectivity index (χ0v) is 15.1. The van der Waals surface area contributed by atoms with Crippen molar-refractivity contribution < 1.29 is 27.2 Å². The summed E-state index contributed by atoms with van der Waals surface area (Å²) in [7, 11) is -3.63. The van der Waals surface area contributed by atoms with Crippen LogP contribution in [-0.4, -0.2) is 66.3 Å². The molecule has 10 heteroatoms. The molecule has 1 aliphatic rings. The average molecular weight is 373 g/mol. The highest BCUT2D eigenvalue weighted by Crippen LogP contribution is 2.27. The molecule has 140 valence electrons. The number of amides is 1. The molecule has 0 saturated carbocycles. The van der Waals surface area contributed by atoms with Crippen LogP contribution in [0.25, 0.3) is 0 Å². The first-order valence-corrected chi connectivity index (χ1v) is 9.63. The van der Waals surface area contributed by atoms with Crippen molar-refractivity contribution in [3.05, 3.63) is 29.6 Å². The van der Waals surface area contributed by atoms with E-state index in [2.05, 4.69) is 16.8 Å². The lowest BCUT2D eigenvalue weighted by Gasteiger charge is -2.23. The summed E-state index contributed by atoms with van der Waals surface area (Å²) in [6.45, 7) is 5.26. The third-order valence-electron chi connectivity index (χ3n) is 4.00. The van der Waals surface area contributed by atoms with Gasteiger partial charge in [0.05, 0.1) is 36.9 Å². The maximum absolute atomic E-state index is 12.3. The van der Waals surface area contributed by atoms with Crippen LogP contribution in [0.3, 0.4) is 0 Å². The summed E-state index contributed by atoms with van der Waals surface area (Å²) >= 11 is 0. The Morgan fingerprint density at radius 3 is 2.88 bits per heavy atom. The van der Waals surface area contributed by atoms with E-state index in [9.17, 15) is 18.3 Å². The largest absolute Gasteiger partial charge is 0.445 e.